The lowest BCUT2D eigenvalue weighted by Gasteiger charge is -2.40. The number of pyridine rings is 1. The maximum absolute atomic E-state index is 6.19. The highest BCUT2D eigenvalue weighted by Crippen LogP contribution is 2.33. The Bertz CT molecular complexity index is 607. The molecule has 5 heteroatoms. The van der Waals surface area contributed by atoms with Crippen LogP contribution in [0.1, 0.15) is 6.42 Å². The Morgan fingerprint density at radius 2 is 2.19 bits per heavy atom. The van der Waals surface area contributed by atoms with Crippen LogP contribution in [0.15, 0.2) is 36.5 Å². The summed E-state index contributed by atoms with van der Waals surface area (Å²) in [5.41, 5.74) is 0.925. The van der Waals surface area contributed by atoms with Gasteiger partial charge >= 0.3 is 0 Å². The zero-order valence-corrected chi connectivity index (χ0v) is 12.6. The number of methoxy groups -OCH3 is 1. The van der Waals surface area contributed by atoms with E-state index in [2.05, 4.69) is 4.98 Å². The van der Waals surface area contributed by atoms with Crippen molar-refractivity contribution in [2.75, 3.05) is 20.3 Å². The van der Waals surface area contributed by atoms with Crippen LogP contribution in [0.4, 0.5) is 0 Å². The first-order valence-electron chi connectivity index (χ1n) is 7.04. The summed E-state index contributed by atoms with van der Waals surface area (Å²) < 4.78 is 16.7. The van der Waals surface area contributed by atoms with Gasteiger partial charge in [-0.3, -0.25) is 4.98 Å². The van der Waals surface area contributed by atoms with Crippen molar-refractivity contribution in [1.29, 1.82) is 0 Å². The second-order valence-electron chi connectivity index (χ2n) is 5.09. The predicted octanol–water partition coefficient (Wildman–Crippen LogP) is 3.02. The first kappa shape index (κ1) is 14.6. The number of alkyl halides is 1. The van der Waals surface area contributed by atoms with E-state index in [0.29, 0.717) is 13.2 Å². The van der Waals surface area contributed by atoms with E-state index in [1.165, 1.54) is 0 Å². The molecule has 3 unspecified atom stereocenters. The molecular weight excluding hydrogens is 290 g/mol. The van der Waals surface area contributed by atoms with Crippen molar-refractivity contribution in [3.8, 4) is 5.75 Å². The monoisotopic (exact) mass is 307 g/mol. The lowest BCUT2D eigenvalue weighted by molar-refractivity contribution is -0.0898. The summed E-state index contributed by atoms with van der Waals surface area (Å²) in [6.45, 7) is 1.09. The number of ether oxygens (including phenoxy) is 3. The van der Waals surface area contributed by atoms with Gasteiger partial charge in [0, 0.05) is 31.2 Å². The van der Waals surface area contributed by atoms with Gasteiger partial charge in [0.1, 0.15) is 18.0 Å². The zero-order chi connectivity index (χ0) is 14.7. The first-order valence-corrected chi connectivity index (χ1v) is 7.47. The predicted molar refractivity (Wildman–Crippen MR) is 82.0 cm³/mol. The van der Waals surface area contributed by atoms with E-state index in [4.69, 9.17) is 25.8 Å². The van der Waals surface area contributed by atoms with E-state index in [0.717, 1.165) is 23.1 Å². The topological polar surface area (TPSA) is 40.6 Å². The molecule has 0 aliphatic heterocycles. The quantitative estimate of drug-likeness (QED) is 0.607. The maximum Gasteiger partial charge on any atom is 0.128 e. The van der Waals surface area contributed by atoms with E-state index in [9.17, 15) is 0 Å². The van der Waals surface area contributed by atoms with E-state index in [1.807, 2.05) is 30.3 Å². The molecule has 112 valence electrons. The van der Waals surface area contributed by atoms with Crippen molar-refractivity contribution in [2.24, 2.45) is 0 Å². The van der Waals surface area contributed by atoms with Crippen LogP contribution in [0.2, 0.25) is 0 Å². The smallest absolute Gasteiger partial charge is 0.128 e. The Kier molecular flexibility index (Phi) is 4.58. The van der Waals surface area contributed by atoms with Gasteiger partial charge in [0.15, 0.2) is 0 Å². The number of benzene rings is 1. The second-order valence-corrected chi connectivity index (χ2v) is 5.65. The van der Waals surface area contributed by atoms with Gasteiger partial charge in [-0.25, -0.2) is 0 Å². The Hall–Kier alpha value is -1.36. The molecule has 3 atom stereocenters. The van der Waals surface area contributed by atoms with Gasteiger partial charge in [-0.15, -0.1) is 11.6 Å². The number of nitrogens with zero attached hydrogens (tertiary/aromatic N) is 1. The van der Waals surface area contributed by atoms with Crippen LogP contribution in [-0.2, 0) is 9.47 Å². The minimum absolute atomic E-state index is 0.00503. The van der Waals surface area contributed by atoms with Gasteiger partial charge in [0.25, 0.3) is 0 Å². The molecule has 3 rings (SSSR count). The summed E-state index contributed by atoms with van der Waals surface area (Å²) in [4.78, 5) is 4.33. The zero-order valence-electron chi connectivity index (χ0n) is 11.9. The van der Waals surface area contributed by atoms with Crippen molar-refractivity contribution < 1.29 is 14.2 Å². The summed E-state index contributed by atoms with van der Waals surface area (Å²) in [6.07, 6.45) is 2.48. The molecule has 0 spiro atoms. The van der Waals surface area contributed by atoms with Gasteiger partial charge in [-0.2, -0.15) is 0 Å². The highest BCUT2D eigenvalue weighted by Gasteiger charge is 2.42. The molecule has 2 aromatic rings. The largest absolute Gasteiger partial charge is 0.488 e. The van der Waals surface area contributed by atoms with Gasteiger partial charge in [0.05, 0.1) is 24.1 Å². The highest BCUT2D eigenvalue weighted by atomic mass is 35.5. The normalized spacial score (nSPS) is 24.8. The Labute approximate surface area is 129 Å². The summed E-state index contributed by atoms with van der Waals surface area (Å²) in [5, 5.41) is 1.10. The molecular formula is C16H18ClNO3. The number of rotatable bonds is 6. The number of hydrogen-bond donors (Lipinski definition) is 0. The van der Waals surface area contributed by atoms with Crippen LogP contribution in [-0.4, -0.2) is 42.9 Å². The molecule has 0 amide bonds. The van der Waals surface area contributed by atoms with Crippen LogP contribution in [0.3, 0.4) is 0 Å². The fourth-order valence-corrected chi connectivity index (χ4v) is 2.83. The fraction of sp³-hybridized carbons (Fsp3) is 0.438. The minimum Gasteiger partial charge on any atom is -0.488 e. The SMILES string of the molecule is COCCOC1C(Cl)CC1Oc1ccc2cccnc2c1. The van der Waals surface area contributed by atoms with Crippen LogP contribution >= 0.6 is 11.6 Å². The van der Waals surface area contributed by atoms with Gasteiger partial charge < -0.3 is 14.2 Å². The van der Waals surface area contributed by atoms with Crippen LogP contribution in [0, 0.1) is 0 Å². The third-order valence-electron chi connectivity index (χ3n) is 3.64. The Morgan fingerprint density at radius 3 is 3.00 bits per heavy atom. The molecule has 4 nitrogen and oxygen atoms in total. The lowest BCUT2D eigenvalue weighted by Crippen LogP contribution is -2.53. The van der Waals surface area contributed by atoms with Crippen LogP contribution in [0.5, 0.6) is 5.75 Å². The van der Waals surface area contributed by atoms with Crippen molar-refractivity contribution in [2.45, 2.75) is 24.0 Å². The Balaban J connectivity index is 1.64. The molecule has 1 aliphatic rings. The molecule has 1 aromatic carbocycles. The van der Waals surface area contributed by atoms with E-state index < -0.39 is 0 Å². The lowest BCUT2D eigenvalue weighted by atomic mass is 9.91. The van der Waals surface area contributed by atoms with Crippen LogP contribution < -0.4 is 4.74 Å². The average Bonchev–Trinajstić information content (AvgIpc) is 2.51. The summed E-state index contributed by atoms with van der Waals surface area (Å²) in [5.74, 6) is 0.801. The first-order chi connectivity index (χ1) is 10.3. The molecule has 21 heavy (non-hydrogen) atoms. The molecule has 1 heterocycles. The molecule has 1 aliphatic carbocycles. The number of hydrogen-bond acceptors (Lipinski definition) is 4. The van der Waals surface area contributed by atoms with Crippen molar-refractivity contribution in [1.82, 2.24) is 4.98 Å². The second kappa shape index (κ2) is 6.60. The summed E-state index contributed by atoms with van der Waals surface area (Å²) in [6, 6.07) is 9.86. The van der Waals surface area contributed by atoms with E-state index in [-0.39, 0.29) is 17.6 Å². The molecule has 1 aromatic heterocycles. The van der Waals surface area contributed by atoms with Crippen molar-refractivity contribution >= 4 is 22.5 Å². The highest BCUT2D eigenvalue weighted by molar-refractivity contribution is 6.21. The Morgan fingerprint density at radius 1 is 1.29 bits per heavy atom. The van der Waals surface area contributed by atoms with Gasteiger partial charge in [-0.05, 0) is 18.2 Å². The summed E-state index contributed by atoms with van der Waals surface area (Å²) >= 11 is 6.19. The van der Waals surface area contributed by atoms with Gasteiger partial charge in [0.2, 0.25) is 0 Å². The molecule has 0 saturated heterocycles. The third-order valence-corrected chi connectivity index (χ3v) is 4.07. The number of aromatic nitrogens is 1. The molecule has 0 radical (unpaired) electrons. The standard InChI is InChI=1S/C16H18ClNO3/c1-19-7-8-20-16-13(17)10-15(16)21-12-5-4-11-3-2-6-18-14(11)9-12/h2-6,9,13,15-16H,7-8,10H2,1H3. The van der Waals surface area contributed by atoms with E-state index in [1.54, 1.807) is 13.3 Å². The van der Waals surface area contributed by atoms with Crippen LogP contribution in [0.25, 0.3) is 10.9 Å². The molecule has 1 saturated carbocycles. The summed E-state index contributed by atoms with van der Waals surface area (Å²) in [7, 11) is 1.65. The fourth-order valence-electron chi connectivity index (χ4n) is 2.42. The van der Waals surface area contributed by atoms with Crippen molar-refractivity contribution in [3.05, 3.63) is 36.5 Å². The number of fused-ring (bicyclic) bond motifs is 1. The third kappa shape index (κ3) is 3.28. The maximum atomic E-state index is 6.19. The van der Waals surface area contributed by atoms with Gasteiger partial charge in [-0.1, -0.05) is 6.07 Å². The molecule has 0 bridgehead atoms. The van der Waals surface area contributed by atoms with E-state index >= 15 is 0 Å². The number of halogens is 1. The molecule has 0 N–H and O–H groups in total. The van der Waals surface area contributed by atoms with Crippen molar-refractivity contribution in [3.63, 3.8) is 0 Å². The minimum atomic E-state index is -0.0822. The average molecular weight is 308 g/mol. The molecule has 1 fully saturated rings.